The zero-order valence-electron chi connectivity index (χ0n) is 17.1. The number of carbonyl (C=O) groups excluding carboxylic acids is 1. The lowest BCUT2D eigenvalue weighted by Crippen LogP contribution is -2.20. The predicted molar refractivity (Wildman–Crippen MR) is 124 cm³/mol. The molecular weight excluding hydrogens is 412 g/mol. The maximum atomic E-state index is 12.5. The molecule has 0 saturated carbocycles. The van der Waals surface area contributed by atoms with Gasteiger partial charge in [-0.1, -0.05) is 35.9 Å². The molecule has 1 saturated heterocycles. The van der Waals surface area contributed by atoms with Crippen molar-refractivity contribution in [2.45, 2.75) is 19.3 Å². The van der Waals surface area contributed by atoms with E-state index >= 15 is 0 Å². The first-order valence-electron chi connectivity index (χ1n) is 10.2. The largest absolute Gasteiger partial charge is 0.478 e. The van der Waals surface area contributed by atoms with Crippen molar-refractivity contribution in [3.63, 3.8) is 0 Å². The van der Waals surface area contributed by atoms with Crippen molar-refractivity contribution in [1.82, 2.24) is 0 Å². The highest BCUT2D eigenvalue weighted by molar-refractivity contribution is 6.30. The first-order chi connectivity index (χ1) is 14.9. The van der Waals surface area contributed by atoms with Gasteiger partial charge in [-0.15, -0.1) is 0 Å². The molecule has 0 radical (unpaired) electrons. The number of carboxylic acids is 1. The van der Waals surface area contributed by atoms with Crippen LogP contribution in [0, 0.1) is 6.92 Å². The minimum absolute atomic E-state index is 0.0687. The SMILES string of the molecule is Cc1ccccc1[C@@H]1CCN(c2ccc(NC(=O)c3ccc(Cl)cc3)c(C(=O)O)c2)C1. The zero-order chi connectivity index (χ0) is 22.0. The first kappa shape index (κ1) is 20.9. The van der Waals surface area contributed by atoms with E-state index in [0.29, 0.717) is 16.5 Å². The quantitative estimate of drug-likeness (QED) is 0.549. The van der Waals surface area contributed by atoms with Crippen LogP contribution in [-0.2, 0) is 0 Å². The van der Waals surface area contributed by atoms with E-state index in [-0.39, 0.29) is 17.2 Å². The molecule has 0 aliphatic carbocycles. The van der Waals surface area contributed by atoms with E-state index in [1.165, 1.54) is 11.1 Å². The topological polar surface area (TPSA) is 69.6 Å². The Morgan fingerprint density at radius 1 is 1.06 bits per heavy atom. The lowest BCUT2D eigenvalue weighted by atomic mass is 9.94. The second-order valence-electron chi connectivity index (χ2n) is 7.78. The summed E-state index contributed by atoms with van der Waals surface area (Å²) in [5.74, 6) is -1.05. The number of carboxylic acid groups (broad SMARTS) is 1. The molecule has 4 rings (SSSR count). The summed E-state index contributed by atoms with van der Waals surface area (Å²) in [6.07, 6.45) is 1.02. The molecule has 1 heterocycles. The van der Waals surface area contributed by atoms with E-state index in [2.05, 4.69) is 35.3 Å². The number of anilines is 2. The second-order valence-corrected chi connectivity index (χ2v) is 8.22. The van der Waals surface area contributed by atoms with E-state index in [9.17, 15) is 14.7 Å². The van der Waals surface area contributed by atoms with Crippen LogP contribution in [0.3, 0.4) is 0 Å². The van der Waals surface area contributed by atoms with Crippen molar-refractivity contribution >= 4 is 34.9 Å². The summed E-state index contributed by atoms with van der Waals surface area (Å²) in [5, 5.41) is 13.0. The average Bonchev–Trinajstić information content (AvgIpc) is 3.24. The van der Waals surface area contributed by atoms with Crippen LogP contribution in [0.15, 0.2) is 66.7 Å². The second kappa shape index (κ2) is 8.82. The van der Waals surface area contributed by atoms with E-state index < -0.39 is 5.97 Å². The van der Waals surface area contributed by atoms with Gasteiger partial charge in [0.1, 0.15) is 0 Å². The van der Waals surface area contributed by atoms with Crippen LogP contribution >= 0.6 is 11.6 Å². The van der Waals surface area contributed by atoms with E-state index in [1.807, 2.05) is 12.1 Å². The minimum Gasteiger partial charge on any atom is -0.478 e. The Morgan fingerprint density at radius 2 is 1.81 bits per heavy atom. The van der Waals surface area contributed by atoms with E-state index in [1.54, 1.807) is 36.4 Å². The van der Waals surface area contributed by atoms with Crippen LogP contribution in [0.5, 0.6) is 0 Å². The average molecular weight is 435 g/mol. The number of benzene rings is 3. The number of hydrogen-bond donors (Lipinski definition) is 2. The van der Waals surface area contributed by atoms with Crippen molar-refractivity contribution in [1.29, 1.82) is 0 Å². The smallest absolute Gasteiger partial charge is 0.337 e. The van der Waals surface area contributed by atoms with Crippen molar-refractivity contribution in [2.24, 2.45) is 0 Å². The van der Waals surface area contributed by atoms with Gasteiger partial charge in [0.15, 0.2) is 0 Å². The number of aromatic carboxylic acids is 1. The standard InChI is InChI=1S/C25H23ClN2O3/c1-16-4-2-3-5-21(16)18-12-13-28(15-18)20-10-11-23(22(14-20)25(30)31)27-24(29)17-6-8-19(26)9-7-17/h2-11,14,18H,12-13,15H2,1H3,(H,27,29)(H,30,31)/t18-/m1/s1. The minimum atomic E-state index is -1.08. The van der Waals surface area contributed by atoms with Crippen LogP contribution in [0.4, 0.5) is 11.4 Å². The summed E-state index contributed by atoms with van der Waals surface area (Å²) in [7, 11) is 0. The highest BCUT2D eigenvalue weighted by Gasteiger charge is 2.26. The van der Waals surface area contributed by atoms with E-state index in [4.69, 9.17) is 11.6 Å². The van der Waals surface area contributed by atoms with Crippen LogP contribution in [0.2, 0.25) is 5.02 Å². The van der Waals surface area contributed by atoms with Gasteiger partial charge < -0.3 is 15.3 Å². The monoisotopic (exact) mass is 434 g/mol. The van der Waals surface area contributed by atoms with Gasteiger partial charge in [-0.25, -0.2) is 4.79 Å². The fourth-order valence-corrected chi connectivity index (χ4v) is 4.23. The first-order valence-corrected chi connectivity index (χ1v) is 10.5. The third-order valence-electron chi connectivity index (χ3n) is 5.77. The zero-order valence-corrected chi connectivity index (χ0v) is 17.9. The van der Waals surface area contributed by atoms with Crippen LogP contribution < -0.4 is 10.2 Å². The molecule has 2 N–H and O–H groups in total. The van der Waals surface area contributed by atoms with Crippen molar-refractivity contribution < 1.29 is 14.7 Å². The third kappa shape index (κ3) is 4.57. The number of halogens is 1. The molecule has 31 heavy (non-hydrogen) atoms. The molecule has 1 atom stereocenters. The van der Waals surface area contributed by atoms with Gasteiger partial charge in [-0.2, -0.15) is 0 Å². The van der Waals surface area contributed by atoms with Gasteiger partial charge >= 0.3 is 5.97 Å². The van der Waals surface area contributed by atoms with Crippen LogP contribution in [0.25, 0.3) is 0 Å². The number of rotatable bonds is 5. The van der Waals surface area contributed by atoms with Gasteiger partial charge in [0.25, 0.3) is 5.91 Å². The Morgan fingerprint density at radius 3 is 2.52 bits per heavy atom. The molecule has 1 amide bonds. The fourth-order valence-electron chi connectivity index (χ4n) is 4.10. The normalized spacial score (nSPS) is 15.7. The Hall–Kier alpha value is -3.31. The molecule has 5 nitrogen and oxygen atoms in total. The molecule has 3 aromatic rings. The molecule has 0 spiro atoms. The van der Waals surface area contributed by atoms with Gasteiger partial charge in [-0.3, -0.25) is 4.79 Å². The molecule has 0 unspecified atom stereocenters. The van der Waals surface area contributed by atoms with Gasteiger partial charge in [0.2, 0.25) is 0 Å². The third-order valence-corrected chi connectivity index (χ3v) is 6.02. The van der Waals surface area contributed by atoms with Crippen LogP contribution in [-0.4, -0.2) is 30.1 Å². The van der Waals surface area contributed by atoms with Crippen molar-refractivity contribution in [2.75, 3.05) is 23.3 Å². The number of nitrogens with one attached hydrogen (secondary N) is 1. The highest BCUT2D eigenvalue weighted by Crippen LogP contribution is 2.34. The number of carbonyl (C=O) groups is 2. The summed E-state index contributed by atoms with van der Waals surface area (Å²) in [6.45, 7) is 3.81. The number of aryl methyl sites for hydroxylation is 1. The number of hydrogen-bond acceptors (Lipinski definition) is 3. The molecular formula is C25H23ClN2O3. The molecule has 0 bridgehead atoms. The predicted octanol–water partition coefficient (Wildman–Crippen LogP) is 5.59. The maximum absolute atomic E-state index is 12.5. The molecule has 0 aromatic heterocycles. The fraction of sp³-hybridized carbons (Fsp3) is 0.200. The van der Waals surface area contributed by atoms with Crippen LogP contribution in [0.1, 0.15) is 44.2 Å². The summed E-state index contributed by atoms with van der Waals surface area (Å²) < 4.78 is 0. The molecule has 1 fully saturated rings. The van der Waals surface area contributed by atoms with Crippen molar-refractivity contribution in [3.8, 4) is 0 Å². The Bertz CT molecular complexity index is 1130. The summed E-state index contributed by atoms with van der Waals surface area (Å²) >= 11 is 5.87. The lowest BCUT2D eigenvalue weighted by molar-refractivity contribution is 0.0698. The Balaban J connectivity index is 1.54. The lowest BCUT2D eigenvalue weighted by Gasteiger charge is -2.21. The Labute approximate surface area is 186 Å². The number of nitrogens with zero attached hydrogens (tertiary/aromatic N) is 1. The van der Waals surface area contributed by atoms with Crippen molar-refractivity contribution in [3.05, 3.63) is 94.0 Å². The Kier molecular flexibility index (Phi) is 5.96. The molecule has 1 aliphatic heterocycles. The maximum Gasteiger partial charge on any atom is 0.337 e. The molecule has 158 valence electrons. The molecule has 3 aromatic carbocycles. The highest BCUT2D eigenvalue weighted by atomic mass is 35.5. The van der Waals surface area contributed by atoms with E-state index in [0.717, 1.165) is 25.2 Å². The summed E-state index contributed by atoms with van der Waals surface area (Å²) in [6, 6.07) is 20.0. The van der Waals surface area contributed by atoms with Gasteiger partial charge in [0.05, 0.1) is 11.3 Å². The summed E-state index contributed by atoms with van der Waals surface area (Å²) in [5.41, 5.74) is 4.21. The molecule has 6 heteroatoms. The van der Waals surface area contributed by atoms with Gasteiger partial charge in [-0.05, 0) is 66.9 Å². The molecule has 1 aliphatic rings. The van der Waals surface area contributed by atoms with Gasteiger partial charge in [0, 0.05) is 35.3 Å². The summed E-state index contributed by atoms with van der Waals surface area (Å²) in [4.78, 5) is 26.6. The number of amides is 1.